The van der Waals surface area contributed by atoms with E-state index in [-0.39, 0.29) is 19.2 Å². The fourth-order valence-electron chi connectivity index (χ4n) is 3.50. The molecule has 2 atom stereocenters. The van der Waals surface area contributed by atoms with Gasteiger partial charge in [-0.25, -0.2) is 25.3 Å². The maximum atomic E-state index is 13.4. The average Bonchev–Trinajstić information content (AvgIpc) is 2.83. The second-order valence-electron chi connectivity index (χ2n) is 8.36. The molecule has 1 aliphatic heterocycles. The Bertz CT molecular complexity index is 1100. The molecule has 1 heterocycles. The molecule has 1 unspecified atom stereocenters. The molecule has 3 rings (SSSR count). The molecule has 5 amide bonds. The Balaban J connectivity index is 1.91. The Kier molecular flexibility index (Phi) is 8.26. The summed E-state index contributed by atoms with van der Waals surface area (Å²) in [5.41, 5.74) is 1.28. The molecule has 1 aliphatic rings. The lowest BCUT2D eigenvalue weighted by Crippen LogP contribution is -2.70. The summed E-state index contributed by atoms with van der Waals surface area (Å²) in [5, 5.41) is 6.64. The number of hydrazine groups is 1. The van der Waals surface area contributed by atoms with Crippen LogP contribution in [0.2, 0.25) is 5.02 Å². The molecular formula is C23H27ClN6O5. The van der Waals surface area contributed by atoms with Crippen molar-refractivity contribution in [3.05, 3.63) is 64.0 Å². The van der Waals surface area contributed by atoms with Crippen LogP contribution in [0.1, 0.15) is 26.3 Å². The number of benzene rings is 2. The number of halogens is 1. The highest BCUT2D eigenvalue weighted by Gasteiger charge is 2.44. The van der Waals surface area contributed by atoms with Crippen molar-refractivity contribution in [2.45, 2.75) is 39.7 Å². The van der Waals surface area contributed by atoms with Crippen LogP contribution in [-0.2, 0) is 11.3 Å². The highest BCUT2D eigenvalue weighted by atomic mass is 35.5. The van der Waals surface area contributed by atoms with Crippen molar-refractivity contribution in [3.8, 4) is 5.75 Å². The molecule has 0 aromatic heterocycles. The summed E-state index contributed by atoms with van der Waals surface area (Å²) in [5.74, 6) is 4.68. The van der Waals surface area contributed by atoms with E-state index in [1.165, 1.54) is 11.8 Å². The van der Waals surface area contributed by atoms with Gasteiger partial charge in [-0.05, 0) is 37.6 Å². The second kappa shape index (κ2) is 11.2. The van der Waals surface area contributed by atoms with Crippen LogP contribution in [0.3, 0.4) is 0 Å². The van der Waals surface area contributed by atoms with Gasteiger partial charge in [0.1, 0.15) is 5.75 Å². The van der Waals surface area contributed by atoms with Crippen LogP contribution in [-0.4, -0.2) is 51.7 Å². The van der Waals surface area contributed by atoms with Gasteiger partial charge in [0.25, 0.3) is 5.91 Å². The van der Waals surface area contributed by atoms with E-state index in [9.17, 15) is 19.3 Å². The summed E-state index contributed by atoms with van der Waals surface area (Å²) in [4.78, 5) is 50.9. The molecule has 0 aliphatic carbocycles. The number of urea groups is 2. The number of nitrogens with two attached hydrogens (primary N) is 1. The van der Waals surface area contributed by atoms with Crippen LogP contribution >= 0.6 is 11.6 Å². The van der Waals surface area contributed by atoms with E-state index in [0.717, 1.165) is 15.5 Å². The zero-order chi connectivity index (χ0) is 25.7. The number of imide groups is 1. The first kappa shape index (κ1) is 25.9. The largest absolute Gasteiger partial charge is 0.489 e. The summed E-state index contributed by atoms with van der Waals surface area (Å²) < 4.78 is 5.65. The fourth-order valence-corrected chi connectivity index (χ4v) is 3.73. The minimum absolute atomic E-state index is 0.0736. The number of nitroso groups, excluding NO2 is 1. The third-order valence-electron chi connectivity index (χ3n) is 5.24. The number of rotatable bonds is 9. The van der Waals surface area contributed by atoms with Crippen LogP contribution in [0.15, 0.2) is 53.7 Å². The molecule has 0 bridgehead atoms. The van der Waals surface area contributed by atoms with E-state index < -0.39 is 30.2 Å². The van der Waals surface area contributed by atoms with Gasteiger partial charge >= 0.3 is 12.1 Å². The predicted octanol–water partition coefficient (Wildman–Crippen LogP) is 3.99. The number of amides is 5. The Morgan fingerprint density at radius 1 is 1.14 bits per heavy atom. The van der Waals surface area contributed by atoms with Crippen molar-refractivity contribution in [1.82, 2.24) is 14.8 Å². The molecule has 3 N–H and O–H groups in total. The molecule has 1 saturated heterocycles. The SMILES string of the molecule is CC(C)Oc1ccc(NC2N(N)C(=O)N(C[C@H](C)C(=O)N=O)C(=O)N2Cc2ccccc2)cc1Cl. The minimum Gasteiger partial charge on any atom is -0.489 e. The Labute approximate surface area is 207 Å². The normalized spacial score (nSPS) is 17.0. The van der Waals surface area contributed by atoms with Gasteiger partial charge in [-0.3, -0.25) is 9.69 Å². The van der Waals surface area contributed by atoms with E-state index >= 15 is 0 Å². The highest BCUT2D eigenvalue weighted by Crippen LogP contribution is 2.30. The number of anilines is 1. The number of ether oxygens (including phenoxy) is 1. The molecule has 12 heteroatoms. The molecule has 0 radical (unpaired) electrons. The van der Waals surface area contributed by atoms with Gasteiger partial charge in [-0.15, -0.1) is 4.91 Å². The van der Waals surface area contributed by atoms with Crippen molar-refractivity contribution >= 4 is 35.3 Å². The lowest BCUT2D eigenvalue weighted by Gasteiger charge is -2.45. The topological polar surface area (TPSA) is 138 Å². The van der Waals surface area contributed by atoms with Gasteiger partial charge in [-0.1, -0.05) is 48.9 Å². The van der Waals surface area contributed by atoms with E-state index in [1.807, 2.05) is 44.2 Å². The second-order valence-corrected chi connectivity index (χ2v) is 8.76. The van der Waals surface area contributed by atoms with Crippen molar-refractivity contribution < 1.29 is 19.1 Å². The lowest BCUT2D eigenvalue weighted by molar-refractivity contribution is -0.121. The first-order chi connectivity index (χ1) is 16.6. The maximum Gasteiger partial charge on any atom is 0.345 e. The van der Waals surface area contributed by atoms with Gasteiger partial charge in [0.15, 0.2) is 0 Å². The number of carbonyl (C=O) groups is 3. The number of hydrogen-bond acceptors (Lipinski definition) is 7. The van der Waals surface area contributed by atoms with Gasteiger partial charge < -0.3 is 10.1 Å². The molecule has 35 heavy (non-hydrogen) atoms. The molecule has 11 nitrogen and oxygen atoms in total. The van der Waals surface area contributed by atoms with E-state index in [1.54, 1.807) is 18.2 Å². The van der Waals surface area contributed by atoms with Gasteiger partial charge in [0.2, 0.25) is 6.29 Å². The van der Waals surface area contributed by atoms with Crippen LogP contribution in [0.25, 0.3) is 0 Å². The van der Waals surface area contributed by atoms with E-state index in [0.29, 0.717) is 16.5 Å². The summed E-state index contributed by atoms with van der Waals surface area (Å²) in [6, 6.07) is 12.6. The number of carbonyl (C=O) groups excluding carboxylic acids is 3. The first-order valence-electron chi connectivity index (χ1n) is 10.9. The van der Waals surface area contributed by atoms with E-state index in [4.69, 9.17) is 22.2 Å². The zero-order valence-electron chi connectivity index (χ0n) is 19.6. The number of hydrogen-bond donors (Lipinski definition) is 2. The Hall–Kier alpha value is -3.70. The third-order valence-corrected chi connectivity index (χ3v) is 5.54. The summed E-state index contributed by atoms with van der Waals surface area (Å²) in [7, 11) is 0. The Morgan fingerprint density at radius 2 is 1.83 bits per heavy atom. The molecule has 2 aromatic carbocycles. The molecular weight excluding hydrogens is 476 g/mol. The number of nitrogens with one attached hydrogen (secondary N) is 1. The van der Waals surface area contributed by atoms with Crippen molar-refractivity contribution in [2.24, 2.45) is 16.9 Å². The highest BCUT2D eigenvalue weighted by molar-refractivity contribution is 6.32. The average molecular weight is 503 g/mol. The van der Waals surface area contributed by atoms with Gasteiger partial charge in [0, 0.05) is 17.4 Å². The lowest BCUT2D eigenvalue weighted by atomic mass is 10.1. The van der Waals surface area contributed by atoms with Crippen LogP contribution in [0.5, 0.6) is 5.75 Å². The Morgan fingerprint density at radius 3 is 2.43 bits per heavy atom. The smallest absolute Gasteiger partial charge is 0.345 e. The summed E-state index contributed by atoms with van der Waals surface area (Å²) in [6.45, 7) is 4.91. The minimum atomic E-state index is -1.07. The van der Waals surface area contributed by atoms with Crippen molar-refractivity contribution in [3.63, 3.8) is 0 Å². The number of nitrogens with zero attached hydrogens (tertiary/aromatic N) is 4. The molecule has 0 saturated carbocycles. The quantitative estimate of drug-likeness (QED) is 0.300. The van der Waals surface area contributed by atoms with Gasteiger partial charge in [0.05, 0.1) is 23.6 Å². The first-order valence-corrected chi connectivity index (χ1v) is 11.3. The predicted molar refractivity (Wildman–Crippen MR) is 130 cm³/mol. The van der Waals surface area contributed by atoms with Gasteiger partial charge in [-0.2, -0.15) is 0 Å². The third kappa shape index (κ3) is 6.06. The van der Waals surface area contributed by atoms with Crippen molar-refractivity contribution in [2.75, 3.05) is 11.9 Å². The summed E-state index contributed by atoms with van der Waals surface area (Å²) in [6.07, 6.45) is -1.15. The monoisotopic (exact) mass is 502 g/mol. The maximum absolute atomic E-state index is 13.4. The standard InChI is InChI=1S/C23H27ClN6O5/c1-14(2)35-19-10-9-17(11-18(19)24)26-21-28(13-16-7-5-4-6-8-16)22(32)29(23(33)30(21)25)12-15(3)20(31)27-34/h4-11,14-15,21,26H,12-13,25H2,1-3H3/t15-,21?/m0/s1. The van der Waals surface area contributed by atoms with Crippen LogP contribution in [0.4, 0.5) is 15.3 Å². The fraction of sp³-hybridized carbons (Fsp3) is 0.348. The molecule has 0 spiro atoms. The molecule has 1 fully saturated rings. The van der Waals surface area contributed by atoms with Crippen LogP contribution < -0.4 is 15.9 Å². The molecule has 186 valence electrons. The van der Waals surface area contributed by atoms with Crippen molar-refractivity contribution in [1.29, 1.82) is 0 Å². The molecule has 2 aromatic rings. The zero-order valence-corrected chi connectivity index (χ0v) is 20.3. The van der Waals surface area contributed by atoms with Crippen LogP contribution in [0, 0.1) is 10.8 Å². The van der Waals surface area contributed by atoms with E-state index in [2.05, 4.69) is 10.5 Å². The summed E-state index contributed by atoms with van der Waals surface area (Å²) >= 11 is 6.34.